The normalized spacial score (nSPS) is 12.7. The fraction of sp³-hybridized carbons (Fsp3) is 0.308. The van der Waals surface area contributed by atoms with Gasteiger partial charge in [-0.1, -0.05) is 22.9 Å². The maximum atomic E-state index is 13.3. The third-order valence-corrected chi connectivity index (χ3v) is 3.48. The second-order valence-corrected chi connectivity index (χ2v) is 5.03. The van der Waals surface area contributed by atoms with Gasteiger partial charge >= 0.3 is 0 Å². The number of aryl methyl sites for hydroxylation is 1. The highest BCUT2D eigenvalue weighted by Gasteiger charge is 2.14. The van der Waals surface area contributed by atoms with Gasteiger partial charge in [0.25, 0.3) is 0 Å². The molecule has 0 saturated heterocycles. The van der Waals surface area contributed by atoms with E-state index in [-0.39, 0.29) is 11.9 Å². The van der Waals surface area contributed by atoms with Crippen molar-refractivity contribution in [1.29, 1.82) is 0 Å². The Morgan fingerprint density at radius 2 is 2.28 bits per heavy atom. The molecule has 0 bridgehead atoms. The monoisotopic (exact) mass is 311 g/mol. The van der Waals surface area contributed by atoms with Crippen LogP contribution >= 0.6 is 15.9 Å². The quantitative estimate of drug-likeness (QED) is 0.942. The highest BCUT2D eigenvalue weighted by molar-refractivity contribution is 9.10. The molecule has 1 aromatic heterocycles. The van der Waals surface area contributed by atoms with Gasteiger partial charge in [-0.05, 0) is 30.2 Å². The van der Waals surface area contributed by atoms with Gasteiger partial charge in [0, 0.05) is 22.8 Å². The number of benzene rings is 1. The lowest BCUT2D eigenvalue weighted by Gasteiger charge is -2.12. The van der Waals surface area contributed by atoms with Gasteiger partial charge in [0.1, 0.15) is 5.82 Å². The minimum Gasteiger partial charge on any atom is -0.320 e. The van der Waals surface area contributed by atoms with Crippen molar-refractivity contribution >= 4 is 15.9 Å². The molecule has 3 nitrogen and oxygen atoms in total. The molecule has 1 atom stereocenters. The fourth-order valence-electron chi connectivity index (χ4n) is 1.82. The van der Waals surface area contributed by atoms with Crippen molar-refractivity contribution in [2.24, 2.45) is 5.73 Å². The molecule has 0 radical (unpaired) electrons. The van der Waals surface area contributed by atoms with E-state index in [0.717, 1.165) is 28.6 Å². The maximum absolute atomic E-state index is 13.3. The van der Waals surface area contributed by atoms with E-state index in [1.165, 1.54) is 12.1 Å². The SMILES string of the molecule is CCCn1cc(C(N)c2cc(F)ccc2Br)cn1. The van der Waals surface area contributed by atoms with E-state index in [2.05, 4.69) is 28.0 Å². The highest BCUT2D eigenvalue weighted by Crippen LogP contribution is 2.27. The van der Waals surface area contributed by atoms with Crippen molar-refractivity contribution < 1.29 is 4.39 Å². The molecule has 18 heavy (non-hydrogen) atoms. The fourth-order valence-corrected chi connectivity index (χ4v) is 2.32. The predicted molar refractivity (Wildman–Crippen MR) is 72.6 cm³/mol. The van der Waals surface area contributed by atoms with E-state index >= 15 is 0 Å². The molecule has 1 heterocycles. The first-order chi connectivity index (χ1) is 8.61. The second-order valence-electron chi connectivity index (χ2n) is 4.18. The lowest BCUT2D eigenvalue weighted by Crippen LogP contribution is -2.12. The summed E-state index contributed by atoms with van der Waals surface area (Å²) in [5, 5.41) is 4.23. The molecule has 2 rings (SSSR count). The summed E-state index contributed by atoms with van der Waals surface area (Å²) in [4.78, 5) is 0. The molecule has 0 fully saturated rings. The topological polar surface area (TPSA) is 43.8 Å². The molecule has 0 aliphatic rings. The van der Waals surface area contributed by atoms with Crippen LogP contribution in [0.25, 0.3) is 0 Å². The second kappa shape index (κ2) is 5.63. The predicted octanol–water partition coefficient (Wildman–Crippen LogP) is 3.24. The molecule has 2 N–H and O–H groups in total. The van der Waals surface area contributed by atoms with Gasteiger partial charge in [0.2, 0.25) is 0 Å². The summed E-state index contributed by atoms with van der Waals surface area (Å²) in [6, 6.07) is 4.15. The lowest BCUT2D eigenvalue weighted by molar-refractivity contribution is 0.601. The van der Waals surface area contributed by atoms with Crippen LogP contribution in [0.1, 0.15) is 30.5 Å². The van der Waals surface area contributed by atoms with Crippen molar-refractivity contribution in [2.75, 3.05) is 0 Å². The first-order valence-corrected chi connectivity index (χ1v) is 6.64. The molecule has 96 valence electrons. The van der Waals surface area contributed by atoms with Crippen LogP contribution in [0.3, 0.4) is 0 Å². The first-order valence-electron chi connectivity index (χ1n) is 5.84. The average Bonchev–Trinajstić information content (AvgIpc) is 2.80. The zero-order valence-electron chi connectivity index (χ0n) is 10.1. The summed E-state index contributed by atoms with van der Waals surface area (Å²) >= 11 is 3.39. The van der Waals surface area contributed by atoms with Crippen molar-refractivity contribution in [3.05, 3.63) is 52.0 Å². The third kappa shape index (κ3) is 2.79. The van der Waals surface area contributed by atoms with Gasteiger partial charge in [-0.15, -0.1) is 0 Å². The standard InChI is InChI=1S/C13H15BrFN3/c1-2-5-18-8-9(7-17-18)13(16)11-6-10(15)3-4-12(11)14/h3-4,6-8,13H,2,5,16H2,1H3. The zero-order valence-corrected chi connectivity index (χ0v) is 11.7. The summed E-state index contributed by atoms with van der Waals surface area (Å²) in [5.74, 6) is -0.287. The zero-order chi connectivity index (χ0) is 13.1. The van der Waals surface area contributed by atoms with Gasteiger partial charge in [0.15, 0.2) is 0 Å². The van der Waals surface area contributed by atoms with E-state index < -0.39 is 0 Å². The Bertz CT molecular complexity index is 539. The summed E-state index contributed by atoms with van der Waals surface area (Å²) in [5.41, 5.74) is 7.76. The van der Waals surface area contributed by atoms with Gasteiger partial charge < -0.3 is 5.73 Å². The maximum Gasteiger partial charge on any atom is 0.123 e. The van der Waals surface area contributed by atoms with Gasteiger partial charge in [0.05, 0.1) is 12.2 Å². The smallest absolute Gasteiger partial charge is 0.123 e. The molecule has 0 spiro atoms. The molecular formula is C13H15BrFN3. The number of aromatic nitrogens is 2. The van der Waals surface area contributed by atoms with Crippen molar-refractivity contribution in [3.63, 3.8) is 0 Å². The summed E-state index contributed by atoms with van der Waals surface area (Å²) in [6.45, 7) is 2.95. The molecule has 0 aliphatic heterocycles. The average molecular weight is 312 g/mol. The van der Waals surface area contributed by atoms with E-state index in [1.807, 2.05) is 10.9 Å². The molecule has 0 amide bonds. The van der Waals surface area contributed by atoms with E-state index in [9.17, 15) is 4.39 Å². The van der Waals surface area contributed by atoms with Gasteiger partial charge in [-0.3, -0.25) is 4.68 Å². The number of halogens is 2. The van der Waals surface area contributed by atoms with Crippen LogP contribution < -0.4 is 5.73 Å². The molecular weight excluding hydrogens is 297 g/mol. The number of hydrogen-bond acceptors (Lipinski definition) is 2. The van der Waals surface area contributed by atoms with Gasteiger partial charge in [-0.2, -0.15) is 5.10 Å². The van der Waals surface area contributed by atoms with Crippen LogP contribution in [0.15, 0.2) is 35.1 Å². The first kappa shape index (κ1) is 13.2. The van der Waals surface area contributed by atoms with Gasteiger partial charge in [-0.25, -0.2) is 4.39 Å². The number of rotatable bonds is 4. The molecule has 0 saturated carbocycles. The van der Waals surface area contributed by atoms with E-state index in [0.29, 0.717) is 0 Å². The van der Waals surface area contributed by atoms with Crippen LogP contribution in [0.2, 0.25) is 0 Å². The Morgan fingerprint density at radius 1 is 1.50 bits per heavy atom. The van der Waals surface area contributed by atoms with Crippen molar-refractivity contribution in [3.8, 4) is 0 Å². The number of hydrogen-bond donors (Lipinski definition) is 1. The third-order valence-electron chi connectivity index (χ3n) is 2.76. The number of nitrogens with two attached hydrogens (primary N) is 1. The largest absolute Gasteiger partial charge is 0.320 e. The minimum atomic E-state index is -0.374. The summed E-state index contributed by atoms with van der Waals surface area (Å²) < 4.78 is 15.9. The van der Waals surface area contributed by atoms with Crippen LogP contribution in [0.5, 0.6) is 0 Å². The van der Waals surface area contributed by atoms with Crippen molar-refractivity contribution in [1.82, 2.24) is 9.78 Å². The van der Waals surface area contributed by atoms with Crippen LogP contribution in [0, 0.1) is 5.82 Å². The summed E-state index contributed by atoms with van der Waals surface area (Å²) in [7, 11) is 0. The Kier molecular flexibility index (Phi) is 4.14. The van der Waals surface area contributed by atoms with E-state index in [4.69, 9.17) is 5.73 Å². The Hall–Kier alpha value is -1.20. The van der Waals surface area contributed by atoms with E-state index in [1.54, 1.807) is 12.3 Å². The Balaban J connectivity index is 2.29. The van der Waals surface area contributed by atoms with Crippen LogP contribution in [0.4, 0.5) is 4.39 Å². The number of nitrogens with zero attached hydrogens (tertiary/aromatic N) is 2. The minimum absolute atomic E-state index is 0.287. The van der Waals surface area contributed by atoms with Crippen LogP contribution in [-0.2, 0) is 6.54 Å². The molecule has 1 aromatic carbocycles. The van der Waals surface area contributed by atoms with Crippen LogP contribution in [-0.4, -0.2) is 9.78 Å². The summed E-state index contributed by atoms with van der Waals surface area (Å²) in [6.07, 6.45) is 4.66. The van der Waals surface area contributed by atoms with Crippen molar-refractivity contribution in [2.45, 2.75) is 25.9 Å². The Labute approximate surface area is 114 Å². The molecule has 1 unspecified atom stereocenters. The molecule has 5 heteroatoms. The molecule has 2 aromatic rings. The Morgan fingerprint density at radius 3 is 3.00 bits per heavy atom. The molecule has 0 aliphatic carbocycles. The lowest BCUT2D eigenvalue weighted by atomic mass is 10.0. The highest BCUT2D eigenvalue weighted by atomic mass is 79.9.